The van der Waals surface area contributed by atoms with Gasteiger partial charge in [0.25, 0.3) is 5.91 Å². The molecule has 1 fully saturated rings. The van der Waals surface area contributed by atoms with Crippen LogP contribution in [0.4, 0.5) is 5.69 Å². The SMILES string of the molecule is CN1CCC(CNC(=O)c2ccc3c(c2)NCC3)CC1. The summed E-state index contributed by atoms with van der Waals surface area (Å²) in [5.41, 5.74) is 3.21. The minimum absolute atomic E-state index is 0.0560. The van der Waals surface area contributed by atoms with Crippen LogP contribution in [0.2, 0.25) is 0 Å². The predicted octanol–water partition coefficient (Wildman–Crippen LogP) is 1.73. The molecule has 108 valence electrons. The molecule has 2 aliphatic heterocycles. The molecule has 0 saturated carbocycles. The van der Waals surface area contributed by atoms with Crippen molar-refractivity contribution in [3.8, 4) is 0 Å². The summed E-state index contributed by atoms with van der Waals surface area (Å²) in [5.74, 6) is 0.683. The molecule has 1 amide bonds. The summed E-state index contributed by atoms with van der Waals surface area (Å²) in [7, 11) is 2.16. The summed E-state index contributed by atoms with van der Waals surface area (Å²) in [6.45, 7) is 4.07. The Morgan fingerprint density at radius 1 is 1.40 bits per heavy atom. The normalized spacial score (nSPS) is 19.4. The minimum atomic E-state index is 0.0560. The third kappa shape index (κ3) is 2.96. The van der Waals surface area contributed by atoms with E-state index < -0.39 is 0 Å². The van der Waals surface area contributed by atoms with E-state index in [0.717, 1.165) is 43.9 Å². The summed E-state index contributed by atoms with van der Waals surface area (Å²) in [6.07, 6.45) is 3.43. The number of rotatable bonds is 3. The number of benzene rings is 1. The van der Waals surface area contributed by atoms with Gasteiger partial charge in [-0.2, -0.15) is 0 Å². The molecule has 0 atom stereocenters. The minimum Gasteiger partial charge on any atom is -0.384 e. The number of nitrogens with zero attached hydrogens (tertiary/aromatic N) is 1. The number of anilines is 1. The second-order valence-electron chi connectivity index (χ2n) is 6.01. The van der Waals surface area contributed by atoms with Crippen molar-refractivity contribution in [2.75, 3.05) is 38.5 Å². The van der Waals surface area contributed by atoms with E-state index in [1.165, 1.54) is 18.4 Å². The first-order chi connectivity index (χ1) is 9.72. The molecule has 0 aromatic heterocycles. The molecule has 2 heterocycles. The van der Waals surface area contributed by atoms with Gasteiger partial charge in [-0.3, -0.25) is 4.79 Å². The third-order valence-electron chi connectivity index (χ3n) is 4.47. The Hall–Kier alpha value is -1.55. The zero-order valence-electron chi connectivity index (χ0n) is 12.1. The van der Waals surface area contributed by atoms with Gasteiger partial charge < -0.3 is 15.5 Å². The van der Waals surface area contributed by atoms with Crippen molar-refractivity contribution in [1.29, 1.82) is 0 Å². The summed E-state index contributed by atoms with van der Waals surface area (Å²) in [5, 5.41) is 6.41. The topological polar surface area (TPSA) is 44.4 Å². The first-order valence-corrected chi connectivity index (χ1v) is 7.56. The molecular formula is C16H23N3O. The molecule has 1 aromatic rings. The third-order valence-corrected chi connectivity index (χ3v) is 4.47. The first kappa shape index (κ1) is 13.4. The molecular weight excluding hydrogens is 250 g/mol. The van der Waals surface area contributed by atoms with Gasteiger partial charge in [0.1, 0.15) is 0 Å². The predicted molar refractivity (Wildman–Crippen MR) is 81.2 cm³/mol. The molecule has 2 N–H and O–H groups in total. The number of nitrogens with one attached hydrogen (secondary N) is 2. The van der Waals surface area contributed by atoms with Gasteiger partial charge in [0.2, 0.25) is 0 Å². The molecule has 20 heavy (non-hydrogen) atoms. The van der Waals surface area contributed by atoms with Gasteiger partial charge in [-0.05, 0) is 63.0 Å². The fraction of sp³-hybridized carbons (Fsp3) is 0.562. The number of fused-ring (bicyclic) bond motifs is 1. The number of amides is 1. The molecule has 0 spiro atoms. The van der Waals surface area contributed by atoms with E-state index >= 15 is 0 Å². The monoisotopic (exact) mass is 273 g/mol. The lowest BCUT2D eigenvalue weighted by Gasteiger charge is -2.28. The van der Waals surface area contributed by atoms with Crippen LogP contribution in [0.1, 0.15) is 28.8 Å². The lowest BCUT2D eigenvalue weighted by molar-refractivity contribution is 0.0939. The van der Waals surface area contributed by atoms with E-state index in [0.29, 0.717) is 5.92 Å². The number of carbonyl (C=O) groups is 1. The Bertz CT molecular complexity index is 492. The van der Waals surface area contributed by atoms with Gasteiger partial charge in [-0.15, -0.1) is 0 Å². The molecule has 4 heteroatoms. The Balaban J connectivity index is 1.54. The lowest BCUT2D eigenvalue weighted by Crippen LogP contribution is -2.36. The van der Waals surface area contributed by atoms with Crippen LogP contribution in [-0.4, -0.2) is 44.0 Å². The van der Waals surface area contributed by atoms with Crippen LogP contribution >= 0.6 is 0 Å². The van der Waals surface area contributed by atoms with Crippen LogP contribution in [0.25, 0.3) is 0 Å². The van der Waals surface area contributed by atoms with Gasteiger partial charge in [0.05, 0.1) is 0 Å². The van der Waals surface area contributed by atoms with E-state index in [9.17, 15) is 4.79 Å². The van der Waals surface area contributed by atoms with E-state index in [1.807, 2.05) is 12.1 Å². The van der Waals surface area contributed by atoms with Crippen LogP contribution in [0.5, 0.6) is 0 Å². The van der Waals surface area contributed by atoms with Crippen molar-refractivity contribution >= 4 is 11.6 Å². The molecule has 1 aromatic carbocycles. The van der Waals surface area contributed by atoms with Gasteiger partial charge in [-0.1, -0.05) is 6.07 Å². The average Bonchev–Trinajstić information content (AvgIpc) is 2.93. The van der Waals surface area contributed by atoms with Crippen LogP contribution in [0.3, 0.4) is 0 Å². The molecule has 0 aliphatic carbocycles. The maximum atomic E-state index is 12.2. The summed E-state index contributed by atoms with van der Waals surface area (Å²) in [4.78, 5) is 14.6. The number of likely N-dealkylation sites (tertiary alicyclic amines) is 1. The van der Waals surface area contributed by atoms with Crippen molar-refractivity contribution in [2.45, 2.75) is 19.3 Å². The molecule has 1 saturated heterocycles. The van der Waals surface area contributed by atoms with Crippen molar-refractivity contribution in [1.82, 2.24) is 10.2 Å². The van der Waals surface area contributed by atoms with E-state index in [1.54, 1.807) is 0 Å². The highest BCUT2D eigenvalue weighted by Crippen LogP contribution is 2.23. The largest absolute Gasteiger partial charge is 0.384 e. The molecule has 0 bridgehead atoms. The Kier molecular flexibility index (Phi) is 3.92. The highest BCUT2D eigenvalue weighted by molar-refractivity contribution is 5.95. The quantitative estimate of drug-likeness (QED) is 0.881. The van der Waals surface area contributed by atoms with Crippen LogP contribution in [0, 0.1) is 5.92 Å². The average molecular weight is 273 g/mol. The van der Waals surface area contributed by atoms with Gasteiger partial charge in [-0.25, -0.2) is 0 Å². The second-order valence-corrected chi connectivity index (χ2v) is 6.01. The Morgan fingerprint density at radius 2 is 2.20 bits per heavy atom. The summed E-state index contributed by atoms with van der Waals surface area (Å²) >= 11 is 0. The maximum Gasteiger partial charge on any atom is 0.251 e. The van der Waals surface area contributed by atoms with E-state index in [4.69, 9.17) is 0 Å². The number of hydrogen-bond acceptors (Lipinski definition) is 3. The molecule has 0 unspecified atom stereocenters. The van der Waals surface area contributed by atoms with Crippen LogP contribution < -0.4 is 10.6 Å². The van der Waals surface area contributed by atoms with E-state index in [2.05, 4.69) is 28.6 Å². The maximum absolute atomic E-state index is 12.2. The smallest absolute Gasteiger partial charge is 0.251 e. The Morgan fingerprint density at radius 3 is 3.00 bits per heavy atom. The fourth-order valence-corrected chi connectivity index (χ4v) is 3.04. The molecule has 2 aliphatic rings. The van der Waals surface area contributed by atoms with Crippen molar-refractivity contribution in [3.63, 3.8) is 0 Å². The summed E-state index contributed by atoms with van der Waals surface area (Å²) < 4.78 is 0. The standard InChI is InChI=1S/C16H23N3O/c1-19-8-5-12(6-9-19)11-18-16(20)14-3-2-13-4-7-17-15(13)10-14/h2-3,10,12,17H,4-9,11H2,1H3,(H,18,20). The number of hydrogen-bond donors (Lipinski definition) is 2. The number of carbonyl (C=O) groups excluding carboxylic acids is 1. The molecule has 3 rings (SSSR count). The van der Waals surface area contributed by atoms with Gasteiger partial charge >= 0.3 is 0 Å². The van der Waals surface area contributed by atoms with Crippen molar-refractivity contribution in [2.24, 2.45) is 5.92 Å². The number of piperidine rings is 1. The fourth-order valence-electron chi connectivity index (χ4n) is 3.04. The summed E-state index contributed by atoms with van der Waals surface area (Å²) in [6, 6.07) is 5.99. The zero-order chi connectivity index (χ0) is 13.9. The van der Waals surface area contributed by atoms with Gasteiger partial charge in [0.15, 0.2) is 0 Å². The molecule has 4 nitrogen and oxygen atoms in total. The zero-order valence-corrected chi connectivity index (χ0v) is 12.1. The highest BCUT2D eigenvalue weighted by Gasteiger charge is 2.18. The van der Waals surface area contributed by atoms with Gasteiger partial charge in [0, 0.05) is 24.3 Å². The molecule has 0 radical (unpaired) electrons. The second kappa shape index (κ2) is 5.83. The highest BCUT2D eigenvalue weighted by atomic mass is 16.1. The lowest BCUT2D eigenvalue weighted by atomic mass is 9.97. The van der Waals surface area contributed by atoms with Crippen molar-refractivity contribution < 1.29 is 4.79 Å². The van der Waals surface area contributed by atoms with Crippen molar-refractivity contribution in [3.05, 3.63) is 29.3 Å². The van der Waals surface area contributed by atoms with Crippen LogP contribution in [0.15, 0.2) is 18.2 Å². The van der Waals surface area contributed by atoms with E-state index in [-0.39, 0.29) is 5.91 Å². The van der Waals surface area contributed by atoms with Crippen LogP contribution in [-0.2, 0) is 6.42 Å². The first-order valence-electron chi connectivity index (χ1n) is 7.56. The Labute approximate surface area is 120 Å².